The molecule has 0 atom stereocenters. The van der Waals surface area contributed by atoms with Crippen LogP contribution in [0.3, 0.4) is 0 Å². The van der Waals surface area contributed by atoms with Gasteiger partial charge >= 0.3 is 5.97 Å². The molecule has 0 aliphatic rings. The van der Waals surface area contributed by atoms with Crippen LogP contribution in [0.4, 0.5) is 0 Å². The first-order valence-corrected chi connectivity index (χ1v) is 5.93. The molecule has 0 saturated carbocycles. The van der Waals surface area contributed by atoms with E-state index in [2.05, 4.69) is 5.10 Å². The minimum Gasteiger partial charge on any atom is -0.497 e. The first-order valence-electron chi connectivity index (χ1n) is 5.93. The second kappa shape index (κ2) is 6.01. The third kappa shape index (κ3) is 3.23. The molecule has 1 aromatic heterocycles. The number of ketones is 1. The fraction of sp³-hybridized carbons (Fsp3) is 0.214. The number of nitrogens with zero attached hydrogens (tertiary/aromatic N) is 2. The van der Waals surface area contributed by atoms with Crippen LogP contribution in [0.15, 0.2) is 36.7 Å². The molecular weight excluding hydrogens is 260 g/mol. The van der Waals surface area contributed by atoms with Crippen molar-refractivity contribution in [2.24, 2.45) is 7.05 Å². The standard InChI is InChI=1S/C14H14N2O4/c1-16-8-11(7-15-16)14(18)20-9-13(17)10-4-3-5-12(6-10)19-2/h3-8H,9H2,1-2H3. The minimum absolute atomic E-state index is 0.291. The van der Waals surface area contributed by atoms with E-state index in [-0.39, 0.29) is 12.4 Å². The van der Waals surface area contributed by atoms with Gasteiger partial charge in [-0.2, -0.15) is 5.10 Å². The van der Waals surface area contributed by atoms with Gasteiger partial charge in [0.15, 0.2) is 12.4 Å². The van der Waals surface area contributed by atoms with Crippen molar-refractivity contribution < 1.29 is 19.1 Å². The van der Waals surface area contributed by atoms with Gasteiger partial charge in [0.1, 0.15) is 5.75 Å². The van der Waals surface area contributed by atoms with Crippen molar-refractivity contribution in [2.45, 2.75) is 0 Å². The lowest BCUT2D eigenvalue weighted by Crippen LogP contribution is -2.14. The maximum Gasteiger partial charge on any atom is 0.341 e. The Morgan fingerprint density at radius 1 is 1.30 bits per heavy atom. The van der Waals surface area contributed by atoms with Crippen LogP contribution >= 0.6 is 0 Å². The number of hydrogen-bond donors (Lipinski definition) is 0. The van der Waals surface area contributed by atoms with E-state index in [0.717, 1.165) is 0 Å². The highest BCUT2D eigenvalue weighted by molar-refractivity contribution is 5.99. The number of carbonyl (C=O) groups excluding carboxylic acids is 2. The Kier molecular flexibility index (Phi) is 4.14. The molecule has 0 fully saturated rings. The zero-order valence-corrected chi connectivity index (χ0v) is 11.2. The quantitative estimate of drug-likeness (QED) is 0.610. The molecule has 0 N–H and O–H groups in total. The van der Waals surface area contributed by atoms with Gasteiger partial charge in [0.2, 0.25) is 0 Å². The van der Waals surface area contributed by atoms with Crippen LogP contribution in [0, 0.1) is 0 Å². The van der Waals surface area contributed by atoms with Gasteiger partial charge in [0.25, 0.3) is 0 Å². The Labute approximate surface area is 115 Å². The lowest BCUT2D eigenvalue weighted by molar-refractivity contribution is 0.0474. The molecule has 104 valence electrons. The van der Waals surface area contributed by atoms with Crippen molar-refractivity contribution in [1.29, 1.82) is 0 Å². The SMILES string of the molecule is COc1cccc(C(=O)COC(=O)c2cnn(C)c2)c1. The fourth-order valence-electron chi connectivity index (χ4n) is 1.62. The Hall–Kier alpha value is -2.63. The van der Waals surface area contributed by atoms with Gasteiger partial charge in [-0.3, -0.25) is 9.48 Å². The first kappa shape index (κ1) is 13.8. The molecule has 0 aliphatic heterocycles. The minimum atomic E-state index is -0.575. The number of aromatic nitrogens is 2. The number of esters is 1. The summed E-state index contributed by atoms with van der Waals surface area (Å²) >= 11 is 0. The van der Waals surface area contributed by atoms with E-state index in [4.69, 9.17) is 9.47 Å². The van der Waals surface area contributed by atoms with E-state index < -0.39 is 5.97 Å². The summed E-state index contributed by atoms with van der Waals surface area (Å²) in [4.78, 5) is 23.6. The number of carbonyl (C=O) groups is 2. The predicted octanol–water partition coefficient (Wildman–Crippen LogP) is 1.47. The fourth-order valence-corrected chi connectivity index (χ4v) is 1.62. The third-order valence-electron chi connectivity index (χ3n) is 2.67. The van der Waals surface area contributed by atoms with Gasteiger partial charge in [0, 0.05) is 18.8 Å². The summed E-state index contributed by atoms with van der Waals surface area (Å²) in [5.74, 6) is -0.287. The van der Waals surface area contributed by atoms with E-state index in [1.165, 1.54) is 24.2 Å². The molecular formula is C14H14N2O4. The van der Waals surface area contributed by atoms with Crippen molar-refractivity contribution >= 4 is 11.8 Å². The summed E-state index contributed by atoms with van der Waals surface area (Å²) in [6, 6.07) is 6.68. The lowest BCUT2D eigenvalue weighted by atomic mass is 10.1. The van der Waals surface area contributed by atoms with Gasteiger partial charge in [0.05, 0.1) is 18.9 Å². The number of benzene rings is 1. The Bertz CT molecular complexity index is 634. The third-order valence-corrected chi connectivity index (χ3v) is 2.67. The van der Waals surface area contributed by atoms with Crippen molar-refractivity contribution in [1.82, 2.24) is 9.78 Å². The lowest BCUT2D eigenvalue weighted by Gasteiger charge is -2.04. The highest BCUT2D eigenvalue weighted by Crippen LogP contribution is 2.13. The Morgan fingerprint density at radius 3 is 2.75 bits per heavy atom. The van der Waals surface area contributed by atoms with Crippen LogP contribution in [-0.2, 0) is 11.8 Å². The van der Waals surface area contributed by atoms with Crippen molar-refractivity contribution in [3.8, 4) is 5.75 Å². The second-order valence-corrected chi connectivity index (χ2v) is 4.13. The molecule has 0 radical (unpaired) electrons. The monoisotopic (exact) mass is 274 g/mol. The predicted molar refractivity (Wildman–Crippen MR) is 70.8 cm³/mol. The molecule has 6 heteroatoms. The number of Topliss-reactive ketones (excluding diaryl/α,β-unsaturated/α-hetero) is 1. The molecule has 0 aliphatic carbocycles. The first-order chi connectivity index (χ1) is 9.60. The van der Waals surface area contributed by atoms with E-state index >= 15 is 0 Å². The summed E-state index contributed by atoms with van der Waals surface area (Å²) in [5.41, 5.74) is 0.745. The van der Waals surface area contributed by atoms with Crippen molar-refractivity contribution in [3.63, 3.8) is 0 Å². The molecule has 6 nitrogen and oxygen atoms in total. The zero-order valence-electron chi connectivity index (χ0n) is 11.2. The topological polar surface area (TPSA) is 70.4 Å². The summed E-state index contributed by atoms with van der Waals surface area (Å²) in [6.07, 6.45) is 2.91. The highest BCUT2D eigenvalue weighted by atomic mass is 16.5. The number of ether oxygens (including phenoxy) is 2. The van der Waals surface area contributed by atoms with E-state index in [0.29, 0.717) is 16.9 Å². The highest BCUT2D eigenvalue weighted by Gasteiger charge is 2.13. The molecule has 2 aromatic rings. The molecule has 0 spiro atoms. The molecule has 1 heterocycles. The van der Waals surface area contributed by atoms with E-state index in [1.807, 2.05) is 0 Å². The van der Waals surface area contributed by atoms with Gasteiger partial charge in [-0.15, -0.1) is 0 Å². The smallest absolute Gasteiger partial charge is 0.341 e. The van der Waals surface area contributed by atoms with Crippen LogP contribution < -0.4 is 4.74 Å². The average Bonchev–Trinajstić information content (AvgIpc) is 2.91. The maximum absolute atomic E-state index is 11.9. The van der Waals surface area contributed by atoms with Crippen LogP contribution in [0.25, 0.3) is 0 Å². The van der Waals surface area contributed by atoms with Gasteiger partial charge in [-0.25, -0.2) is 4.79 Å². The maximum atomic E-state index is 11.9. The van der Waals surface area contributed by atoms with Crippen LogP contribution in [0.1, 0.15) is 20.7 Å². The number of methoxy groups -OCH3 is 1. The second-order valence-electron chi connectivity index (χ2n) is 4.13. The largest absolute Gasteiger partial charge is 0.497 e. The summed E-state index contributed by atoms with van der Waals surface area (Å²) in [7, 11) is 3.21. The molecule has 0 amide bonds. The van der Waals surface area contributed by atoms with Gasteiger partial charge in [-0.1, -0.05) is 12.1 Å². The number of aryl methyl sites for hydroxylation is 1. The average molecular weight is 274 g/mol. The number of rotatable bonds is 5. The summed E-state index contributed by atoms with van der Waals surface area (Å²) in [5, 5.41) is 3.86. The Balaban J connectivity index is 1.96. The number of hydrogen-bond acceptors (Lipinski definition) is 5. The van der Waals surface area contributed by atoms with Crippen LogP contribution in [-0.4, -0.2) is 35.2 Å². The molecule has 0 bridgehead atoms. The van der Waals surface area contributed by atoms with Crippen molar-refractivity contribution in [3.05, 3.63) is 47.8 Å². The molecule has 1 aromatic carbocycles. The molecule has 0 saturated heterocycles. The van der Waals surface area contributed by atoms with Gasteiger partial charge < -0.3 is 9.47 Å². The van der Waals surface area contributed by atoms with E-state index in [1.54, 1.807) is 31.3 Å². The molecule has 0 unspecified atom stereocenters. The van der Waals surface area contributed by atoms with Crippen molar-refractivity contribution in [2.75, 3.05) is 13.7 Å². The van der Waals surface area contributed by atoms with Crippen LogP contribution in [0.5, 0.6) is 5.75 Å². The zero-order chi connectivity index (χ0) is 14.5. The van der Waals surface area contributed by atoms with Gasteiger partial charge in [-0.05, 0) is 12.1 Å². The normalized spacial score (nSPS) is 10.1. The summed E-state index contributed by atoms with van der Waals surface area (Å²) in [6.45, 7) is -0.319. The molecule has 2 rings (SSSR count). The summed E-state index contributed by atoms with van der Waals surface area (Å²) < 4.78 is 11.5. The molecule has 20 heavy (non-hydrogen) atoms. The Morgan fingerprint density at radius 2 is 2.10 bits per heavy atom. The van der Waals surface area contributed by atoms with Crippen LogP contribution in [0.2, 0.25) is 0 Å². The van der Waals surface area contributed by atoms with E-state index in [9.17, 15) is 9.59 Å².